The number of rotatable bonds is 11. The van der Waals surface area contributed by atoms with E-state index in [4.69, 9.17) is 16.2 Å². The topological polar surface area (TPSA) is 130 Å². The fourth-order valence-corrected chi connectivity index (χ4v) is 4.79. The minimum absolute atomic E-state index is 0.0742. The van der Waals surface area contributed by atoms with Crippen molar-refractivity contribution in [3.8, 4) is 5.75 Å². The average Bonchev–Trinajstić information content (AvgIpc) is 3.36. The number of fused-ring (bicyclic) bond motifs is 1. The molecule has 0 unspecified atom stereocenters. The molecular weight excluding hydrogens is 504 g/mol. The number of hydrogen-bond acceptors (Lipinski definition) is 4. The number of benzene rings is 3. The van der Waals surface area contributed by atoms with E-state index in [1.807, 2.05) is 86.8 Å². The Labute approximate surface area is 234 Å². The van der Waals surface area contributed by atoms with E-state index in [0.717, 1.165) is 39.0 Å². The number of carbonyl (C=O) groups is 2. The molecule has 4 aromatic rings. The minimum atomic E-state index is -0.229. The first-order chi connectivity index (χ1) is 19.3. The molecule has 208 valence electrons. The Hall–Kier alpha value is -4.79. The maximum absolute atomic E-state index is 14.1. The van der Waals surface area contributed by atoms with Crippen LogP contribution < -0.4 is 21.1 Å². The van der Waals surface area contributed by atoms with Crippen molar-refractivity contribution in [3.05, 3.63) is 89.6 Å². The van der Waals surface area contributed by atoms with Gasteiger partial charge in [0.15, 0.2) is 5.96 Å². The average molecular weight is 541 g/mol. The summed E-state index contributed by atoms with van der Waals surface area (Å²) in [6.07, 6.45) is 2.62. The van der Waals surface area contributed by atoms with E-state index in [0.29, 0.717) is 18.7 Å². The number of amides is 2. The first-order valence-electron chi connectivity index (χ1n) is 13.2. The number of carbonyl (C=O) groups excluding carboxylic acids is 2. The van der Waals surface area contributed by atoms with Crippen molar-refractivity contribution in [2.24, 2.45) is 16.5 Å². The largest absolute Gasteiger partial charge is 0.496 e. The van der Waals surface area contributed by atoms with E-state index >= 15 is 0 Å². The van der Waals surface area contributed by atoms with Crippen LogP contribution in [0.5, 0.6) is 5.75 Å². The van der Waals surface area contributed by atoms with Gasteiger partial charge in [0.1, 0.15) is 12.3 Å². The van der Waals surface area contributed by atoms with Gasteiger partial charge in [-0.2, -0.15) is 0 Å². The Morgan fingerprint density at radius 1 is 0.950 bits per heavy atom. The van der Waals surface area contributed by atoms with Gasteiger partial charge in [-0.15, -0.1) is 0 Å². The van der Waals surface area contributed by atoms with Crippen LogP contribution in [0.2, 0.25) is 0 Å². The minimum Gasteiger partial charge on any atom is -0.496 e. The zero-order chi connectivity index (χ0) is 28.6. The van der Waals surface area contributed by atoms with Crippen LogP contribution in [0.15, 0.2) is 77.9 Å². The van der Waals surface area contributed by atoms with Gasteiger partial charge in [0, 0.05) is 35.8 Å². The van der Waals surface area contributed by atoms with Crippen LogP contribution in [-0.4, -0.2) is 54.4 Å². The van der Waals surface area contributed by atoms with Crippen LogP contribution in [0.1, 0.15) is 23.1 Å². The predicted molar refractivity (Wildman–Crippen MR) is 160 cm³/mol. The number of aryl methyl sites for hydroxylation is 2. The molecular formula is C31H36N6O3. The molecule has 1 heterocycles. The van der Waals surface area contributed by atoms with Crippen molar-refractivity contribution in [2.75, 3.05) is 31.6 Å². The first-order valence-corrected chi connectivity index (χ1v) is 13.2. The summed E-state index contributed by atoms with van der Waals surface area (Å²) in [6.45, 7) is 4.28. The number of nitrogens with one attached hydrogen (secondary N) is 1. The number of ether oxygens (including phenoxy) is 1. The summed E-state index contributed by atoms with van der Waals surface area (Å²) < 4.78 is 5.49. The van der Waals surface area contributed by atoms with Crippen molar-refractivity contribution in [1.29, 1.82) is 0 Å². The molecule has 4 rings (SSSR count). The lowest BCUT2D eigenvalue weighted by molar-refractivity contribution is -0.134. The lowest BCUT2D eigenvalue weighted by atomic mass is 10.1. The number of anilines is 2. The Balaban J connectivity index is 1.64. The molecule has 0 saturated carbocycles. The second kappa shape index (κ2) is 12.8. The number of nitrogens with zero attached hydrogens (tertiary/aromatic N) is 3. The zero-order valence-corrected chi connectivity index (χ0v) is 23.2. The molecule has 0 aliphatic rings. The molecule has 0 atom stereocenters. The highest BCUT2D eigenvalue weighted by Gasteiger charge is 2.25. The monoisotopic (exact) mass is 540 g/mol. The molecule has 0 bridgehead atoms. The molecule has 1 aromatic heterocycles. The van der Waals surface area contributed by atoms with E-state index in [9.17, 15) is 9.59 Å². The summed E-state index contributed by atoms with van der Waals surface area (Å²) in [6, 6.07) is 21.3. The quantitative estimate of drug-likeness (QED) is 0.194. The third kappa shape index (κ3) is 6.61. The van der Waals surface area contributed by atoms with E-state index in [1.165, 1.54) is 0 Å². The molecule has 0 radical (unpaired) electrons. The standard InChI is InChI=1S/C31H36N6O3/c1-21-18-28(40-3)22(2)17-27(21)37(24-9-5-4-6-10-24)30(39)20-36(29(38)13-15-34-31(32)33)16-14-23-19-35-26-12-8-7-11-25(23)26/h4-12,17-19,35H,13-16,20H2,1-3H3,(H4,32,33,34). The number of nitrogens with two attached hydrogens (primary N) is 2. The molecule has 0 spiro atoms. The van der Waals surface area contributed by atoms with E-state index in [2.05, 4.69) is 9.98 Å². The Morgan fingerprint density at radius 2 is 1.68 bits per heavy atom. The molecule has 0 saturated heterocycles. The van der Waals surface area contributed by atoms with Crippen LogP contribution in [0, 0.1) is 13.8 Å². The van der Waals surface area contributed by atoms with Gasteiger partial charge in [-0.1, -0.05) is 36.4 Å². The van der Waals surface area contributed by atoms with Gasteiger partial charge in [0.05, 0.1) is 19.3 Å². The third-order valence-corrected chi connectivity index (χ3v) is 6.84. The molecule has 5 N–H and O–H groups in total. The SMILES string of the molecule is COc1cc(C)c(N(C(=O)CN(CCc2c[nH]c3ccccc23)C(=O)CCN=C(N)N)c2ccccc2)cc1C. The lowest BCUT2D eigenvalue weighted by Crippen LogP contribution is -2.42. The van der Waals surface area contributed by atoms with Crippen molar-refractivity contribution in [3.63, 3.8) is 0 Å². The van der Waals surface area contributed by atoms with Gasteiger partial charge in [-0.05, 0) is 67.3 Å². The van der Waals surface area contributed by atoms with Crippen molar-refractivity contribution in [1.82, 2.24) is 9.88 Å². The maximum atomic E-state index is 14.1. The second-order valence-corrected chi connectivity index (χ2v) is 9.65. The van der Waals surface area contributed by atoms with Crippen molar-refractivity contribution in [2.45, 2.75) is 26.7 Å². The third-order valence-electron chi connectivity index (χ3n) is 6.84. The van der Waals surface area contributed by atoms with Gasteiger partial charge in [0.25, 0.3) is 5.91 Å². The van der Waals surface area contributed by atoms with Crippen LogP contribution in [0.3, 0.4) is 0 Å². The first kappa shape index (κ1) is 28.2. The van der Waals surface area contributed by atoms with Gasteiger partial charge in [0.2, 0.25) is 5.91 Å². The Morgan fingerprint density at radius 3 is 2.40 bits per heavy atom. The summed E-state index contributed by atoms with van der Waals surface area (Å²) in [5.41, 5.74) is 16.2. The number of aliphatic imine (C=N–C) groups is 1. The molecule has 0 aliphatic heterocycles. The van der Waals surface area contributed by atoms with E-state index < -0.39 is 0 Å². The summed E-state index contributed by atoms with van der Waals surface area (Å²) in [4.78, 5) is 37.9. The number of H-pyrrole nitrogens is 1. The van der Waals surface area contributed by atoms with E-state index in [-0.39, 0.29) is 37.3 Å². The highest BCUT2D eigenvalue weighted by molar-refractivity contribution is 6.03. The zero-order valence-electron chi connectivity index (χ0n) is 23.2. The fourth-order valence-electron chi connectivity index (χ4n) is 4.79. The molecule has 2 amide bonds. The highest BCUT2D eigenvalue weighted by atomic mass is 16.5. The Kier molecular flexibility index (Phi) is 9.06. The molecule has 0 fully saturated rings. The number of hydrogen-bond donors (Lipinski definition) is 3. The van der Waals surface area contributed by atoms with Crippen molar-refractivity contribution >= 4 is 40.1 Å². The smallest absolute Gasteiger partial charge is 0.251 e. The second-order valence-electron chi connectivity index (χ2n) is 9.65. The number of methoxy groups -OCH3 is 1. The Bertz CT molecular complexity index is 1510. The lowest BCUT2D eigenvalue weighted by Gasteiger charge is -2.29. The molecule has 9 nitrogen and oxygen atoms in total. The van der Waals surface area contributed by atoms with Crippen LogP contribution in [-0.2, 0) is 16.0 Å². The van der Waals surface area contributed by atoms with Crippen molar-refractivity contribution < 1.29 is 14.3 Å². The number of guanidine groups is 1. The molecule has 0 aliphatic carbocycles. The van der Waals surface area contributed by atoms with Crippen LogP contribution >= 0.6 is 0 Å². The van der Waals surface area contributed by atoms with Gasteiger partial charge < -0.3 is 26.1 Å². The van der Waals surface area contributed by atoms with E-state index in [1.54, 1.807) is 16.9 Å². The molecule has 9 heteroatoms. The van der Waals surface area contributed by atoms with Crippen LogP contribution in [0.4, 0.5) is 11.4 Å². The molecule has 40 heavy (non-hydrogen) atoms. The van der Waals surface area contributed by atoms with Gasteiger partial charge in [-0.3, -0.25) is 19.5 Å². The number of aromatic nitrogens is 1. The molecule has 3 aromatic carbocycles. The summed E-state index contributed by atoms with van der Waals surface area (Å²) in [7, 11) is 1.63. The van der Waals surface area contributed by atoms with Gasteiger partial charge in [-0.25, -0.2) is 0 Å². The predicted octanol–water partition coefficient (Wildman–Crippen LogP) is 4.19. The summed E-state index contributed by atoms with van der Waals surface area (Å²) >= 11 is 0. The van der Waals surface area contributed by atoms with Crippen LogP contribution in [0.25, 0.3) is 10.9 Å². The number of aromatic amines is 1. The normalized spacial score (nSPS) is 10.8. The summed E-state index contributed by atoms with van der Waals surface area (Å²) in [5, 5.41) is 1.09. The number of para-hydroxylation sites is 2. The maximum Gasteiger partial charge on any atom is 0.251 e. The fraction of sp³-hybridized carbons (Fsp3) is 0.258. The summed E-state index contributed by atoms with van der Waals surface area (Å²) in [5.74, 6) is 0.244. The highest BCUT2D eigenvalue weighted by Crippen LogP contribution is 2.33. The van der Waals surface area contributed by atoms with Gasteiger partial charge >= 0.3 is 0 Å².